The third-order valence-electron chi connectivity index (χ3n) is 5.44. The first-order valence-corrected chi connectivity index (χ1v) is 10.9. The number of nitrogens with zero attached hydrogens (tertiary/aromatic N) is 2. The molecule has 3 N–H and O–H groups in total. The molecule has 0 saturated heterocycles. The number of hydrogen-bond acceptors (Lipinski definition) is 6. The van der Waals surface area contributed by atoms with Gasteiger partial charge in [0, 0.05) is 11.1 Å². The van der Waals surface area contributed by atoms with E-state index in [0.717, 1.165) is 25.0 Å². The fraction of sp³-hybridized carbons (Fsp3) is 0.360. The van der Waals surface area contributed by atoms with E-state index in [1.165, 1.54) is 6.07 Å². The summed E-state index contributed by atoms with van der Waals surface area (Å²) in [7, 11) is 0. The summed E-state index contributed by atoms with van der Waals surface area (Å²) >= 11 is 0. The number of terminal acetylenes is 1. The molecule has 1 saturated carbocycles. The van der Waals surface area contributed by atoms with Crippen molar-refractivity contribution in [2.24, 2.45) is 0 Å². The molecule has 1 unspecified atom stereocenters. The summed E-state index contributed by atoms with van der Waals surface area (Å²) < 4.78 is 51.2. The third-order valence-corrected chi connectivity index (χ3v) is 5.44. The molecule has 1 heterocycles. The number of benzene rings is 2. The summed E-state index contributed by atoms with van der Waals surface area (Å²) in [6.45, 7) is 4.26. The van der Waals surface area contributed by atoms with Gasteiger partial charge in [-0.1, -0.05) is 5.92 Å². The average Bonchev–Trinajstić information content (AvgIpc) is 3.59. The predicted octanol–water partition coefficient (Wildman–Crippen LogP) is 5.25. The maximum atomic E-state index is 13.3. The molecule has 0 amide bonds. The molecule has 0 bridgehead atoms. The van der Waals surface area contributed by atoms with Gasteiger partial charge in [0.1, 0.15) is 24.0 Å². The largest absolute Gasteiger partial charge is 0.490 e. The minimum absolute atomic E-state index is 0.0324. The molecule has 1 atom stereocenters. The highest BCUT2D eigenvalue weighted by atomic mass is 19.4. The summed E-state index contributed by atoms with van der Waals surface area (Å²) in [5.41, 5.74) is 6.49. The van der Waals surface area contributed by atoms with Crippen LogP contribution in [-0.2, 0) is 10.9 Å². The Labute approximate surface area is 195 Å². The van der Waals surface area contributed by atoms with Crippen LogP contribution < -0.4 is 15.8 Å². The first kappa shape index (κ1) is 23.6. The first-order valence-electron chi connectivity index (χ1n) is 10.9. The summed E-state index contributed by atoms with van der Waals surface area (Å²) in [5, 5.41) is 3.83. The highest BCUT2D eigenvalue weighted by molar-refractivity contribution is 5.92. The average molecular weight is 470 g/mol. The molecule has 1 aliphatic carbocycles. The predicted molar refractivity (Wildman–Crippen MR) is 125 cm³/mol. The van der Waals surface area contributed by atoms with Crippen molar-refractivity contribution in [2.45, 2.75) is 45.0 Å². The van der Waals surface area contributed by atoms with E-state index in [1.54, 1.807) is 26.0 Å². The van der Waals surface area contributed by atoms with Crippen molar-refractivity contribution in [1.82, 2.24) is 9.97 Å². The number of nitrogens with one attached hydrogen (secondary N) is 1. The highest BCUT2D eigenvalue weighted by Gasteiger charge is 2.31. The molecule has 1 aliphatic rings. The molecular weight excluding hydrogens is 445 g/mol. The number of nitrogens with two attached hydrogens (primary N) is 1. The number of fused-ring (bicyclic) bond motifs is 1. The summed E-state index contributed by atoms with van der Waals surface area (Å²) in [4.78, 5) is 8.94. The smallest absolute Gasteiger partial charge is 0.416 e. The van der Waals surface area contributed by atoms with E-state index in [0.29, 0.717) is 58.7 Å². The van der Waals surface area contributed by atoms with E-state index < -0.39 is 17.8 Å². The van der Waals surface area contributed by atoms with Gasteiger partial charge in [0.15, 0.2) is 0 Å². The van der Waals surface area contributed by atoms with Crippen LogP contribution in [-0.4, -0.2) is 29.3 Å². The molecule has 0 radical (unpaired) electrons. The van der Waals surface area contributed by atoms with Crippen LogP contribution >= 0.6 is 0 Å². The molecule has 1 aromatic heterocycles. The van der Waals surface area contributed by atoms with E-state index in [9.17, 15) is 13.2 Å². The molecule has 4 rings (SSSR count). The van der Waals surface area contributed by atoms with E-state index >= 15 is 0 Å². The summed E-state index contributed by atoms with van der Waals surface area (Å²) in [6, 6.07) is 6.46. The number of aromatic nitrogens is 2. The molecule has 3 aromatic rings. The molecule has 178 valence electrons. The Kier molecular flexibility index (Phi) is 6.53. The number of halogens is 3. The van der Waals surface area contributed by atoms with Crippen LogP contribution in [0.3, 0.4) is 0 Å². The van der Waals surface area contributed by atoms with Crippen molar-refractivity contribution in [3.63, 3.8) is 0 Å². The van der Waals surface area contributed by atoms with Gasteiger partial charge in [-0.25, -0.2) is 9.97 Å². The van der Waals surface area contributed by atoms with Crippen molar-refractivity contribution >= 4 is 22.4 Å². The van der Waals surface area contributed by atoms with Crippen molar-refractivity contribution in [1.29, 1.82) is 0 Å². The lowest BCUT2D eigenvalue weighted by atomic mass is 10.0. The van der Waals surface area contributed by atoms with Crippen molar-refractivity contribution in [2.75, 3.05) is 24.3 Å². The number of ether oxygens (including phenoxy) is 2. The van der Waals surface area contributed by atoms with Gasteiger partial charge in [-0.2, -0.15) is 13.2 Å². The minimum atomic E-state index is -4.50. The lowest BCUT2D eigenvalue weighted by Gasteiger charge is -2.19. The number of alkyl halides is 3. The van der Waals surface area contributed by atoms with Crippen LogP contribution in [0.25, 0.3) is 10.9 Å². The highest BCUT2D eigenvalue weighted by Crippen LogP contribution is 2.35. The number of nitrogen functional groups attached to an aromatic ring is 1. The van der Waals surface area contributed by atoms with Gasteiger partial charge in [0.05, 0.1) is 35.4 Å². The molecule has 2 aromatic carbocycles. The SMILES string of the molecule is C#Cc1cc2nc(C)nc(NC(C)c3cc(N)cc(C(F)(F)F)c3)c2cc1OCCOC1CC1. The zero-order chi connectivity index (χ0) is 24.5. The number of rotatable bonds is 8. The molecule has 6 nitrogen and oxygen atoms in total. The van der Waals surface area contributed by atoms with Crippen LogP contribution in [0.1, 0.15) is 48.3 Å². The molecule has 9 heteroatoms. The maximum Gasteiger partial charge on any atom is 0.416 e. The Bertz CT molecular complexity index is 1250. The summed E-state index contributed by atoms with van der Waals surface area (Å²) in [5.74, 6) is 4.04. The Morgan fingerprint density at radius 3 is 2.62 bits per heavy atom. The van der Waals surface area contributed by atoms with Crippen molar-refractivity contribution < 1.29 is 22.6 Å². The minimum Gasteiger partial charge on any atom is -0.490 e. The van der Waals surface area contributed by atoms with E-state index in [4.69, 9.17) is 21.6 Å². The standard InChI is InChI=1S/C25H25F3N4O2/c1-4-16-11-22-21(13-23(16)34-8-7-33-20-5-6-20)24(32-15(3)31-22)30-14(2)17-9-18(25(26,27)28)12-19(29)10-17/h1,9-14,20H,5-8,29H2,2-3H3,(H,30,31,32). The van der Waals surface area contributed by atoms with Gasteiger partial charge in [0.25, 0.3) is 0 Å². The lowest BCUT2D eigenvalue weighted by molar-refractivity contribution is -0.137. The van der Waals surface area contributed by atoms with Gasteiger partial charge in [-0.15, -0.1) is 6.42 Å². The van der Waals surface area contributed by atoms with E-state index in [1.807, 2.05) is 0 Å². The number of aryl methyl sites for hydroxylation is 1. The van der Waals surface area contributed by atoms with Gasteiger partial charge >= 0.3 is 6.18 Å². The van der Waals surface area contributed by atoms with Crippen molar-refractivity contribution in [3.8, 4) is 18.1 Å². The van der Waals surface area contributed by atoms with Crippen LogP contribution in [0, 0.1) is 19.3 Å². The number of hydrogen-bond donors (Lipinski definition) is 2. The normalized spacial score (nSPS) is 14.6. The number of anilines is 2. The second-order valence-corrected chi connectivity index (χ2v) is 8.30. The van der Waals surface area contributed by atoms with Gasteiger partial charge < -0.3 is 20.5 Å². The van der Waals surface area contributed by atoms with Crippen LogP contribution in [0.2, 0.25) is 0 Å². The Hall–Kier alpha value is -3.51. The second kappa shape index (κ2) is 9.39. The van der Waals surface area contributed by atoms with Crippen molar-refractivity contribution in [3.05, 3.63) is 52.8 Å². The molecular formula is C25H25F3N4O2. The van der Waals surface area contributed by atoms with E-state index in [2.05, 4.69) is 21.2 Å². The quantitative estimate of drug-likeness (QED) is 0.266. The fourth-order valence-electron chi connectivity index (χ4n) is 3.59. The first-order chi connectivity index (χ1) is 16.1. The molecule has 0 aliphatic heterocycles. The van der Waals surface area contributed by atoms with Crippen LogP contribution in [0.5, 0.6) is 5.75 Å². The third kappa shape index (κ3) is 5.51. The van der Waals surface area contributed by atoms with Crippen LogP contribution in [0.4, 0.5) is 24.7 Å². The van der Waals surface area contributed by atoms with Gasteiger partial charge in [-0.05, 0) is 62.6 Å². The van der Waals surface area contributed by atoms with Crippen LogP contribution in [0.15, 0.2) is 30.3 Å². The second-order valence-electron chi connectivity index (χ2n) is 8.30. The van der Waals surface area contributed by atoms with Gasteiger partial charge in [0.2, 0.25) is 0 Å². The molecule has 34 heavy (non-hydrogen) atoms. The zero-order valence-corrected chi connectivity index (χ0v) is 18.9. The van der Waals surface area contributed by atoms with E-state index in [-0.39, 0.29) is 5.69 Å². The molecule has 1 fully saturated rings. The zero-order valence-electron chi connectivity index (χ0n) is 18.9. The lowest BCUT2D eigenvalue weighted by Crippen LogP contribution is -2.13. The summed E-state index contributed by atoms with van der Waals surface area (Å²) in [6.07, 6.45) is 3.66. The van der Waals surface area contributed by atoms with Gasteiger partial charge in [-0.3, -0.25) is 0 Å². The topological polar surface area (TPSA) is 82.3 Å². The molecule has 0 spiro atoms. The Morgan fingerprint density at radius 1 is 1.18 bits per heavy atom. The Balaban J connectivity index is 1.64. The Morgan fingerprint density at radius 2 is 1.94 bits per heavy atom. The maximum absolute atomic E-state index is 13.3. The monoisotopic (exact) mass is 470 g/mol. The fourth-order valence-corrected chi connectivity index (χ4v) is 3.59.